The van der Waals surface area contributed by atoms with Gasteiger partial charge in [-0.25, -0.2) is 0 Å². The first kappa shape index (κ1) is 14.4. The topological polar surface area (TPSA) is 64.3 Å². The quantitative estimate of drug-likeness (QED) is 0.755. The molecule has 0 aliphatic carbocycles. The first-order chi connectivity index (χ1) is 9.01. The number of halogens is 2. The lowest BCUT2D eigenvalue weighted by molar-refractivity contribution is 0.103. The van der Waals surface area contributed by atoms with Crippen molar-refractivity contribution in [1.29, 1.82) is 0 Å². The summed E-state index contributed by atoms with van der Waals surface area (Å²) in [5.74, 6) is 0.477. The van der Waals surface area contributed by atoms with Crippen molar-refractivity contribution in [3.05, 3.63) is 37.4 Å². The van der Waals surface area contributed by atoms with E-state index in [0.717, 1.165) is 8.95 Å². The summed E-state index contributed by atoms with van der Waals surface area (Å²) in [6, 6.07) is 5.16. The number of benzene rings is 1. The zero-order valence-electron chi connectivity index (χ0n) is 9.87. The smallest absolute Gasteiger partial charge is 0.265 e. The van der Waals surface area contributed by atoms with Gasteiger partial charge in [0.05, 0.1) is 17.7 Å². The number of carbonyl (C=O) groups excluding carboxylic acids is 1. The summed E-state index contributed by atoms with van der Waals surface area (Å²) < 4.78 is 6.49. The van der Waals surface area contributed by atoms with Gasteiger partial charge in [-0.15, -0.1) is 11.3 Å². The molecule has 0 radical (unpaired) electrons. The Bertz CT molecular complexity index is 605. The van der Waals surface area contributed by atoms with E-state index in [0.29, 0.717) is 22.0 Å². The van der Waals surface area contributed by atoms with Crippen LogP contribution in [-0.4, -0.2) is 13.0 Å². The maximum absolute atomic E-state index is 12.1. The van der Waals surface area contributed by atoms with Gasteiger partial charge >= 0.3 is 0 Å². The maximum atomic E-state index is 12.1. The third kappa shape index (κ3) is 3.29. The zero-order chi connectivity index (χ0) is 14.0. The number of nitrogens with one attached hydrogen (secondary N) is 1. The number of amides is 1. The molecule has 0 aliphatic heterocycles. The largest absolute Gasteiger partial charge is 0.496 e. The number of methoxy groups -OCH3 is 1. The third-order valence-electron chi connectivity index (χ3n) is 2.34. The molecule has 0 unspecified atom stereocenters. The van der Waals surface area contributed by atoms with E-state index < -0.39 is 0 Å². The molecule has 100 valence electrons. The predicted octanol–water partition coefficient (Wildman–Crippen LogP) is 4.12. The molecule has 0 fully saturated rings. The Morgan fingerprint density at radius 1 is 1.32 bits per heavy atom. The minimum atomic E-state index is -0.195. The molecule has 2 aromatic rings. The van der Waals surface area contributed by atoms with Crippen molar-refractivity contribution >= 4 is 60.5 Å². The number of nitrogens with two attached hydrogens (primary N) is 1. The number of thiophene rings is 1. The van der Waals surface area contributed by atoms with Gasteiger partial charge in [0.25, 0.3) is 5.91 Å². The Balaban J connectivity index is 2.24. The van der Waals surface area contributed by atoms with Crippen LogP contribution in [0.4, 0.5) is 11.4 Å². The van der Waals surface area contributed by atoms with Gasteiger partial charge in [-0.3, -0.25) is 4.79 Å². The zero-order valence-corrected chi connectivity index (χ0v) is 13.9. The molecule has 0 spiro atoms. The number of ether oxygens (including phenoxy) is 1. The van der Waals surface area contributed by atoms with Crippen LogP contribution < -0.4 is 15.8 Å². The lowest BCUT2D eigenvalue weighted by Gasteiger charge is -2.09. The van der Waals surface area contributed by atoms with E-state index in [4.69, 9.17) is 10.5 Å². The molecule has 1 aromatic heterocycles. The normalized spacial score (nSPS) is 10.3. The van der Waals surface area contributed by atoms with Crippen LogP contribution in [0.5, 0.6) is 5.75 Å². The van der Waals surface area contributed by atoms with E-state index in [1.165, 1.54) is 11.3 Å². The summed E-state index contributed by atoms with van der Waals surface area (Å²) in [6.07, 6.45) is 0. The Morgan fingerprint density at radius 2 is 1.95 bits per heavy atom. The molecule has 4 nitrogen and oxygen atoms in total. The molecule has 0 atom stereocenters. The second-order valence-corrected chi connectivity index (χ2v) is 6.28. The Morgan fingerprint density at radius 3 is 2.47 bits per heavy atom. The van der Waals surface area contributed by atoms with Crippen molar-refractivity contribution in [3.8, 4) is 5.75 Å². The number of rotatable bonds is 3. The van der Waals surface area contributed by atoms with Crippen molar-refractivity contribution in [2.24, 2.45) is 0 Å². The molecule has 0 bridgehead atoms. The SMILES string of the molecule is COc1csc(C(=O)Nc2c(Br)cc(N)cc2Br)c1. The summed E-state index contributed by atoms with van der Waals surface area (Å²) in [5, 5.41) is 4.61. The maximum Gasteiger partial charge on any atom is 0.265 e. The molecule has 1 amide bonds. The fourth-order valence-electron chi connectivity index (χ4n) is 1.43. The highest BCUT2D eigenvalue weighted by atomic mass is 79.9. The van der Waals surface area contributed by atoms with Crippen LogP contribution in [0.1, 0.15) is 9.67 Å². The monoisotopic (exact) mass is 404 g/mol. The summed E-state index contributed by atoms with van der Waals surface area (Å²) >= 11 is 8.07. The van der Waals surface area contributed by atoms with Crippen molar-refractivity contribution < 1.29 is 9.53 Å². The average Bonchev–Trinajstić information content (AvgIpc) is 2.82. The van der Waals surface area contributed by atoms with Crippen LogP contribution in [0.3, 0.4) is 0 Å². The van der Waals surface area contributed by atoms with E-state index in [2.05, 4.69) is 37.2 Å². The molecular weight excluding hydrogens is 396 g/mol. The second kappa shape index (κ2) is 5.94. The highest BCUT2D eigenvalue weighted by molar-refractivity contribution is 9.11. The molecule has 1 aromatic carbocycles. The third-order valence-corrected chi connectivity index (χ3v) is 4.50. The van der Waals surface area contributed by atoms with Gasteiger partial charge in [-0.05, 0) is 44.0 Å². The standard InChI is InChI=1S/C12H10Br2N2O2S/c1-18-7-4-10(19-5-7)12(17)16-11-8(13)2-6(15)3-9(11)14/h2-5H,15H2,1H3,(H,16,17). The molecule has 0 saturated heterocycles. The van der Waals surface area contributed by atoms with Crippen LogP contribution in [-0.2, 0) is 0 Å². The molecule has 19 heavy (non-hydrogen) atoms. The van der Waals surface area contributed by atoms with E-state index in [1.54, 1.807) is 30.7 Å². The van der Waals surface area contributed by atoms with E-state index >= 15 is 0 Å². The number of anilines is 2. The van der Waals surface area contributed by atoms with Gasteiger partial charge in [0.1, 0.15) is 5.75 Å². The van der Waals surface area contributed by atoms with Gasteiger partial charge in [0.15, 0.2) is 0 Å². The number of hydrogen-bond donors (Lipinski definition) is 2. The van der Waals surface area contributed by atoms with Crippen molar-refractivity contribution in [3.63, 3.8) is 0 Å². The summed E-state index contributed by atoms with van der Waals surface area (Å²) in [7, 11) is 1.57. The number of nitrogen functional groups attached to an aromatic ring is 1. The molecule has 1 heterocycles. The lowest BCUT2D eigenvalue weighted by Crippen LogP contribution is -2.11. The lowest BCUT2D eigenvalue weighted by atomic mass is 10.3. The van der Waals surface area contributed by atoms with Gasteiger partial charge in [0.2, 0.25) is 0 Å². The molecular formula is C12H10Br2N2O2S. The minimum Gasteiger partial charge on any atom is -0.496 e. The van der Waals surface area contributed by atoms with E-state index in [1.807, 2.05) is 0 Å². The van der Waals surface area contributed by atoms with Crippen molar-refractivity contribution in [1.82, 2.24) is 0 Å². The molecule has 7 heteroatoms. The summed E-state index contributed by atoms with van der Waals surface area (Å²) in [4.78, 5) is 12.7. The van der Waals surface area contributed by atoms with Crippen LogP contribution in [0.2, 0.25) is 0 Å². The Kier molecular flexibility index (Phi) is 4.49. The fraction of sp³-hybridized carbons (Fsp3) is 0.0833. The van der Waals surface area contributed by atoms with E-state index in [9.17, 15) is 4.79 Å². The Hall–Kier alpha value is -1.05. The minimum absolute atomic E-state index is 0.195. The summed E-state index contributed by atoms with van der Waals surface area (Å²) in [6.45, 7) is 0. The van der Waals surface area contributed by atoms with Gasteiger partial charge in [-0.2, -0.15) is 0 Å². The molecule has 2 rings (SSSR count). The molecule has 0 saturated carbocycles. The van der Waals surface area contributed by atoms with Crippen LogP contribution >= 0.6 is 43.2 Å². The van der Waals surface area contributed by atoms with Crippen LogP contribution in [0.25, 0.3) is 0 Å². The number of carbonyl (C=O) groups is 1. The van der Waals surface area contributed by atoms with Crippen LogP contribution in [0, 0.1) is 0 Å². The predicted molar refractivity (Wildman–Crippen MR) is 85.1 cm³/mol. The fourth-order valence-corrected chi connectivity index (χ4v) is 3.60. The number of hydrogen-bond acceptors (Lipinski definition) is 4. The highest BCUT2D eigenvalue weighted by Crippen LogP contribution is 2.34. The van der Waals surface area contributed by atoms with E-state index in [-0.39, 0.29) is 5.91 Å². The van der Waals surface area contributed by atoms with Gasteiger partial charge in [-0.1, -0.05) is 0 Å². The highest BCUT2D eigenvalue weighted by Gasteiger charge is 2.14. The van der Waals surface area contributed by atoms with Crippen LogP contribution in [0.15, 0.2) is 32.5 Å². The molecule has 3 N–H and O–H groups in total. The Labute approximate surface area is 131 Å². The van der Waals surface area contributed by atoms with Gasteiger partial charge < -0.3 is 15.8 Å². The average molecular weight is 406 g/mol. The summed E-state index contributed by atoms with van der Waals surface area (Å²) in [5.41, 5.74) is 6.96. The first-order valence-corrected chi connectivity index (χ1v) is 7.66. The second-order valence-electron chi connectivity index (χ2n) is 3.66. The molecule has 0 aliphatic rings. The first-order valence-electron chi connectivity index (χ1n) is 5.19. The van der Waals surface area contributed by atoms with Crippen molar-refractivity contribution in [2.45, 2.75) is 0 Å². The van der Waals surface area contributed by atoms with Crippen molar-refractivity contribution in [2.75, 3.05) is 18.2 Å². The van der Waals surface area contributed by atoms with Gasteiger partial charge in [0, 0.05) is 26.1 Å².